The molecule has 1 rings (SSSR count). The number of carbonyl (C=O) groups excluding carboxylic acids is 2. The second-order valence-corrected chi connectivity index (χ2v) is 5.02. The van der Waals surface area contributed by atoms with E-state index in [9.17, 15) is 14.0 Å². The van der Waals surface area contributed by atoms with E-state index in [0.717, 1.165) is 0 Å². The molecule has 0 fully saturated rings. The van der Waals surface area contributed by atoms with E-state index < -0.39 is 6.03 Å². The second-order valence-electron chi connectivity index (χ2n) is 3.79. The summed E-state index contributed by atoms with van der Waals surface area (Å²) in [6, 6.07) is 5.31. The van der Waals surface area contributed by atoms with Gasteiger partial charge in [-0.3, -0.25) is 10.1 Å². The van der Waals surface area contributed by atoms with Crippen molar-refractivity contribution >= 4 is 23.7 Å². The van der Waals surface area contributed by atoms with Crippen molar-refractivity contribution in [2.75, 3.05) is 25.2 Å². The molecule has 0 unspecified atom stereocenters. The van der Waals surface area contributed by atoms with E-state index in [1.165, 1.54) is 19.2 Å². The molecular formula is C13H17FN2O3S. The summed E-state index contributed by atoms with van der Waals surface area (Å²) < 4.78 is 18.0. The zero-order valence-electron chi connectivity index (χ0n) is 11.1. The highest BCUT2D eigenvalue weighted by Gasteiger charge is 2.05. The summed E-state index contributed by atoms with van der Waals surface area (Å²) in [7, 11) is 1.45. The number of thioether (sulfide) groups is 1. The topological polar surface area (TPSA) is 67.4 Å². The molecule has 7 heteroatoms. The van der Waals surface area contributed by atoms with Gasteiger partial charge in [0.25, 0.3) is 0 Å². The van der Waals surface area contributed by atoms with Crippen LogP contribution in [0.2, 0.25) is 0 Å². The number of nitrogens with one attached hydrogen (secondary N) is 2. The zero-order valence-corrected chi connectivity index (χ0v) is 12.0. The van der Waals surface area contributed by atoms with Crippen molar-refractivity contribution in [3.63, 3.8) is 0 Å². The number of hydrogen-bond acceptors (Lipinski definition) is 4. The van der Waals surface area contributed by atoms with Gasteiger partial charge >= 0.3 is 6.03 Å². The SMILES string of the molecule is CNC(=O)NC(=O)CCSCCOc1ccc(F)cc1. The van der Waals surface area contributed by atoms with Crippen LogP contribution in [0.4, 0.5) is 9.18 Å². The second kappa shape index (κ2) is 9.19. The van der Waals surface area contributed by atoms with Gasteiger partial charge in [-0.05, 0) is 24.3 Å². The summed E-state index contributed by atoms with van der Waals surface area (Å²) in [5.74, 6) is 1.33. The molecule has 5 nitrogen and oxygen atoms in total. The molecule has 0 aliphatic heterocycles. The van der Waals surface area contributed by atoms with Crippen LogP contribution in [0.25, 0.3) is 0 Å². The average molecular weight is 300 g/mol. The minimum absolute atomic E-state index is 0.272. The predicted octanol–water partition coefficient (Wildman–Crippen LogP) is 1.78. The van der Waals surface area contributed by atoms with Gasteiger partial charge in [-0.15, -0.1) is 0 Å². The fourth-order valence-electron chi connectivity index (χ4n) is 1.27. The molecule has 1 aromatic carbocycles. The van der Waals surface area contributed by atoms with E-state index in [4.69, 9.17) is 4.74 Å². The van der Waals surface area contributed by atoms with Gasteiger partial charge < -0.3 is 10.1 Å². The third-order valence-corrected chi connectivity index (χ3v) is 3.21. The maximum absolute atomic E-state index is 12.6. The standard InChI is InChI=1S/C13H17FN2O3S/c1-15-13(18)16-12(17)6-8-20-9-7-19-11-4-2-10(14)3-5-11/h2-5H,6-9H2,1H3,(H2,15,16,17,18). The van der Waals surface area contributed by atoms with Gasteiger partial charge in [-0.25, -0.2) is 9.18 Å². The van der Waals surface area contributed by atoms with E-state index in [2.05, 4.69) is 10.6 Å². The highest BCUT2D eigenvalue weighted by molar-refractivity contribution is 7.99. The van der Waals surface area contributed by atoms with Crippen LogP contribution >= 0.6 is 11.8 Å². The number of urea groups is 1. The summed E-state index contributed by atoms with van der Waals surface area (Å²) in [4.78, 5) is 22.1. The van der Waals surface area contributed by atoms with Gasteiger partial charge in [0.2, 0.25) is 5.91 Å². The molecule has 0 saturated carbocycles. The fourth-order valence-corrected chi connectivity index (χ4v) is 2.00. The normalized spacial score (nSPS) is 9.90. The molecule has 1 aromatic rings. The first-order valence-corrected chi connectivity index (χ1v) is 7.25. The number of rotatable bonds is 7. The van der Waals surface area contributed by atoms with Crippen molar-refractivity contribution in [1.29, 1.82) is 0 Å². The van der Waals surface area contributed by atoms with Crippen molar-refractivity contribution in [3.05, 3.63) is 30.1 Å². The Morgan fingerprint density at radius 1 is 1.25 bits per heavy atom. The van der Waals surface area contributed by atoms with Crippen LogP contribution in [0, 0.1) is 5.82 Å². The smallest absolute Gasteiger partial charge is 0.321 e. The Hall–Kier alpha value is -1.76. The van der Waals surface area contributed by atoms with Crippen LogP contribution in [0.5, 0.6) is 5.75 Å². The number of carbonyl (C=O) groups is 2. The third kappa shape index (κ3) is 6.98. The van der Waals surface area contributed by atoms with Crippen molar-refractivity contribution < 1.29 is 18.7 Å². The van der Waals surface area contributed by atoms with Crippen LogP contribution in [0.1, 0.15) is 6.42 Å². The van der Waals surface area contributed by atoms with Crippen molar-refractivity contribution in [1.82, 2.24) is 10.6 Å². The molecule has 0 atom stereocenters. The van der Waals surface area contributed by atoms with E-state index in [0.29, 0.717) is 23.9 Å². The molecule has 0 aromatic heterocycles. The number of amides is 3. The Morgan fingerprint density at radius 2 is 1.95 bits per heavy atom. The molecule has 0 aliphatic rings. The molecule has 0 saturated heterocycles. The molecule has 0 heterocycles. The van der Waals surface area contributed by atoms with Crippen molar-refractivity contribution in [2.24, 2.45) is 0 Å². The first-order chi connectivity index (χ1) is 9.61. The largest absolute Gasteiger partial charge is 0.493 e. The highest BCUT2D eigenvalue weighted by atomic mass is 32.2. The summed E-state index contributed by atoms with van der Waals surface area (Å²) in [6.45, 7) is 0.480. The zero-order chi connectivity index (χ0) is 14.8. The molecular weight excluding hydrogens is 283 g/mol. The third-order valence-electron chi connectivity index (χ3n) is 2.26. The van der Waals surface area contributed by atoms with Crippen LogP contribution in [0.15, 0.2) is 24.3 Å². The molecule has 3 amide bonds. The lowest BCUT2D eigenvalue weighted by Gasteiger charge is -2.06. The lowest BCUT2D eigenvalue weighted by molar-refractivity contribution is -0.119. The first kappa shape index (κ1) is 16.3. The van der Waals surface area contributed by atoms with Crippen LogP contribution in [0.3, 0.4) is 0 Å². The lowest BCUT2D eigenvalue weighted by Crippen LogP contribution is -2.37. The monoisotopic (exact) mass is 300 g/mol. The lowest BCUT2D eigenvalue weighted by atomic mass is 10.3. The van der Waals surface area contributed by atoms with Crippen LogP contribution < -0.4 is 15.4 Å². The average Bonchev–Trinajstić information content (AvgIpc) is 2.44. The van der Waals surface area contributed by atoms with Gasteiger partial charge in [0, 0.05) is 25.0 Å². The summed E-state index contributed by atoms with van der Waals surface area (Å²) in [6.07, 6.45) is 0.272. The molecule has 110 valence electrons. The highest BCUT2D eigenvalue weighted by Crippen LogP contribution is 2.11. The minimum atomic E-state index is -0.500. The van der Waals surface area contributed by atoms with Gasteiger partial charge in [0.1, 0.15) is 11.6 Å². The van der Waals surface area contributed by atoms with Gasteiger partial charge in [0.05, 0.1) is 6.61 Å². The number of hydrogen-bond donors (Lipinski definition) is 2. The van der Waals surface area contributed by atoms with Crippen LogP contribution in [-0.2, 0) is 4.79 Å². The number of benzene rings is 1. The van der Waals surface area contributed by atoms with Crippen molar-refractivity contribution in [3.8, 4) is 5.75 Å². The molecule has 2 N–H and O–H groups in total. The Morgan fingerprint density at radius 3 is 2.60 bits per heavy atom. The molecule has 0 spiro atoms. The Labute approximate surface area is 121 Å². The Bertz CT molecular complexity index is 440. The quantitative estimate of drug-likeness (QED) is 0.753. The Kier molecular flexibility index (Phi) is 7.49. The van der Waals surface area contributed by atoms with Gasteiger partial charge in [-0.1, -0.05) is 0 Å². The van der Waals surface area contributed by atoms with Gasteiger partial charge in [0.15, 0.2) is 0 Å². The van der Waals surface area contributed by atoms with Crippen molar-refractivity contribution in [2.45, 2.75) is 6.42 Å². The molecule has 20 heavy (non-hydrogen) atoms. The van der Waals surface area contributed by atoms with Gasteiger partial charge in [-0.2, -0.15) is 11.8 Å². The number of halogens is 1. The maximum Gasteiger partial charge on any atom is 0.321 e. The predicted molar refractivity (Wildman–Crippen MR) is 76.4 cm³/mol. The Balaban J connectivity index is 2.03. The first-order valence-electron chi connectivity index (χ1n) is 6.09. The molecule has 0 radical (unpaired) electrons. The van der Waals surface area contributed by atoms with E-state index in [1.807, 2.05) is 0 Å². The summed E-state index contributed by atoms with van der Waals surface area (Å²) in [5.41, 5.74) is 0. The summed E-state index contributed by atoms with van der Waals surface area (Å²) >= 11 is 1.55. The van der Waals surface area contributed by atoms with E-state index >= 15 is 0 Å². The minimum Gasteiger partial charge on any atom is -0.493 e. The fraction of sp³-hybridized carbons (Fsp3) is 0.385. The molecule has 0 bridgehead atoms. The maximum atomic E-state index is 12.6. The van der Waals surface area contributed by atoms with Crippen LogP contribution in [-0.4, -0.2) is 37.1 Å². The molecule has 0 aliphatic carbocycles. The van der Waals surface area contributed by atoms with E-state index in [-0.39, 0.29) is 18.1 Å². The summed E-state index contributed by atoms with van der Waals surface area (Å²) in [5, 5.41) is 4.49. The number of ether oxygens (including phenoxy) is 1. The number of imide groups is 1. The van der Waals surface area contributed by atoms with E-state index in [1.54, 1.807) is 23.9 Å².